The summed E-state index contributed by atoms with van der Waals surface area (Å²) in [6, 6.07) is 5.82. The van der Waals surface area contributed by atoms with Gasteiger partial charge in [-0.2, -0.15) is 0 Å². The van der Waals surface area contributed by atoms with Crippen LogP contribution in [0.4, 0.5) is 4.39 Å². The Morgan fingerprint density at radius 2 is 1.86 bits per heavy atom. The number of benzene rings is 1. The minimum absolute atomic E-state index is 0. The Bertz CT molecular complexity index is 451. The van der Waals surface area contributed by atoms with Gasteiger partial charge in [-0.05, 0) is 46.3 Å². The fraction of sp³-hybridized carbons (Fsp3) is 0.600. The number of hydrogen-bond donors (Lipinski definition) is 1. The highest BCUT2D eigenvalue weighted by Gasteiger charge is 2.34. The number of halogens is 4. The maximum atomic E-state index is 13.8. The highest BCUT2D eigenvalue weighted by Crippen LogP contribution is 2.43. The van der Waals surface area contributed by atoms with E-state index >= 15 is 0 Å². The van der Waals surface area contributed by atoms with Crippen LogP contribution >= 0.6 is 40.7 Å². The van der Waals surface area contributed by atoms with Crippen LogP contribution in [0.1, 0.15) is 30.9 Å². The fourth-order valence-electron chi connectivity index (χ4n) is 3.21. The number of rotatable bonds is 3. The van der Waals surface area contributed by atoms with Gasteiger partial charge in [0.2, 0.25) is 0 Å². The zero-order valence-corrected chi connectivity index (χ0v) is 15.1. The molecular formula is C15H22BrCl2FN2. The monoisotopic (exact) mass is 398 g/mol. The Kier molecular flexibility index (Phi) is 7.93. The van der Waals surface area contributed by atoms with Gasteiger partial charge in [-0.15, -0.1) is 24.8 Å². The van der Waals surface area contributed by atoms with Gasteiger partial charge in [0.05, 0.1) is 4.47 Å². The van der Waals surface area contributed by atoms with Gasteiger partial charge >= 0.3 is 0 Å². The van der Waals surface area contributed by atoms with Crippen molar-refractivity contribution in [2.45, 2.75) is 25.3 Å². The summed E-state index contributed by atoms with van der Waals surface area (Å²) in [5, 5.41) is 3.39. The molecule has 2 fully saturated rings. The number of nitrogens with one attached hydrogen (secondary N) is 1. The van der Waals surface area contributed by atoms with E-state index in [1.54, 1.807) is 0 Å². The van der Waals surface area contributed by atoms with Crippen molar-refractivity contribution in [1.29, 1.82) is 0 Å². The van der Waals surface area contributed by atoms with Crippen molar-refractivity contribution >= 4 is 40.7 Å². The second-order valence-corrected chi connectivity index (χ2v) is 6.36. The summed E-state index contributed by atoms with van der Waals surface area (Å²) in [5.74, 6) is 0.549. The van der Waals surface area contributed by atoms with Crippen molar-refractivity contribution < 1.29 is 4.39 Å². The standard InChI is InChI=1S/C15H20BrFN2.2ClH/c16-14-12(5-2-6-13(14)17)15(11-3-1-4-11)19-9-7-18-8-10-19;;/h2,5-6,11,15,18H,1,3-4,7-10H2;2*1H/t15-;;/m0../s1. The molecular weight excluding hydrogens is 378 g/mol. The Hall–Kier alpha value is 0.130. The van der Waals surface area contributed by atoms with E-state index in [0.717, 1.165) is 31.7 Å². The van der Waals surface area contributed by atoms with Gasteiger partial charge in [0.25, 0.3) is 0 Å². The van der Waals surface area contributed by atoms with E-state index in [9.17, 15) is 4.39 Å². The second-order valence-electron chi connectivity index (χ2n) is 5.56. The maximum Gasteiger partial charge on any atom is 0.137 e. The van der Waals surface area contributed by atoms with Gasteiger partial charge in [0.1, 0.15) is 5.82 Å². The SMILES string of the molecule is Cl.Cl.Fc1cccc([C@H](C2CCC2)N2CCNCC2)c1Br. The van der Waals surface area contributed by atoms with Gasteiger partial charge in [0.15, 0.2) is 0 Å². The predicted molar refractivity (Wildman–Crippen MR) is 93.1 cm³/mol. The van der Waals surface area contributed by atoms with Gasteiger partial charge in [-0.3, -0.25) is 4.90 Å². The molecule has 1 N–H and O–H groups in total. The largest absolute Gasteiger partial charge is 0.314 e. The van der Waals surface area contributed by atoms with Crippen LogP contribution in [0, 0.1) is 11.7 Å². The summed E-state index contributed by atoms with van der Waals surface area (Å²) in [6.45, 7) is 4.19. The normalized spacial score (nSPS) is 20.9. The van der Waals surface area contributed by atoms with Crippen LogP contribution in [0.15, 0.2) is 22.7 Å². The average Bonchev–Trinajstić information content (AvgIpc) is 2.38. The number of hydrogen-bond acceptors (Lipinski definition) is 2. The van der Waals surface area contributed by atoms with Crippen molar-refractivity contribution in [3.8, 4) is 0 Å². The number of nitrogens with zero attached hydrogens (tertiary/aromatic N) is 1. The molecule has 1 heterocycles. The molecule has 1 atom stereocenters. The topological polar surface area (TPSA) is 15.3 Å². The average molecular weight is 400 g/mol. The van der Waals surface area contributed by atoms with E-state index in [0.29, 0.717) is 16.4 Å². The molecule has 0 radical (unpaired) electrons. The molecule has 0 unspecified atom stereocenters. The zero-order valence-electron chi connectivity index (χ0n) is 11.9. The lowest BCUT2D eigenvalue weighted by Gasteiger charge is -2.43. The third-order valence-corrected chi connectivity index (χ3v) is 5.28. The van der Waals surface area contributed by atoms with Gasteiger partial charge in [-0.1, -0.05) is 18.6 Å². The molecule has 1 aromatic rings. The molecule has 0 aromatic heterocycles. The molecule has 0 bridgehead atoms. The summed E-state index contributed by atoms with van der Waals surface area (Å²) in [7, 11) is 0. The third-order valence-electron chi connectivity index (χ3n) is 4.44. The lowest BCUT2D eigenvalue weighted by molar-refractivity contribution is 0.0830. The Morgan fingerprint density at radius 3 is 2.43 bits per heavy atom. The molecule has 21 heavy (non-hydrogen) atoms. The van der Waals surface area contributed by atoms with Crippen LogP contribution in [0.5, 0.6) is 0 Å². The lowest BCUT2D eigenvalue weighted by Crippen LogP contribution is -2.48. The van der Waals surface area contributed by atoms with E-state index in [1.165, 1.54) is 25.3 Å². The van der Waals surface area contributed by atoms with Crippen LogP contribution in [0.25, 0.3) is 0 Å². The van der Waals surface area contributed by atoms with Crippen LogP contribution < -0.4 is 5.32 Å². The van der Waals surface area contributed by atoms with Crippen molar-refractivity contribution in [2.24, 2.45) is 5.92 Å². The molecule has 3 rings (SSSR count). The molecule has 0 amide bonds. The Morgan fingerprint density at radius 1 is 1.19 bits per heavy atom. The fourth-order valence-corrected chi connectivity index (χ4v) is 3.71. The van der Waals surface area contributed by atoms with Crippen molar-refractivity contribution in [2.75, 3.05) is 26.2 Å². The first-order valence-electron chi connectivity index (χ1n) is 7.16. The summed E-state index contributed by atoms with van der Waals surface area (Å²) in [6.07, 6.45) is 3.87. The predicted octanol–water partition coefficient (Wildman–Crippen LogP) is 4.18. The minimum atomic E-state index is -0.142. The smallest absolute Gasteiger partial charge is 0.137 e. The van der Waals surface area contributed by atoms with Gasteiger partial charge in [-0.25, -0.2) is 4.39 Å². The first-order chi connectivity index (χ1) is 9.27. The second kappa shape index (κ2) is 8.68. The molecule has 0 spiro atoms. The molecule has 1 saturated carbocycles. The van der Waals surface area contributed by atoms with E-state index in [1.807, 2.05) is 6.07 Å². The maximum absolute atomic E-state index is 13.8. The first kappa shape index (κ1) is 19.2. The van der Waals surface area contributed by atoms with Crippen LogP contribution in [-0.4, -0.2) is 31.1 Å². The molecule has 1 aromatic carbocycles. The molecule has 120 valence electrons. The molecule has 1 aliphatic heterocycles. The number of piperazine rings is 1. The molecule has 6 heteroatoms. The molecule has 2 nitrogen and oxygen atoms in total. The Labute approximate surface area is 146 Å². The third kappa shape index (κ3) is 4.11. The highest BCUT2D eigenvalue weighted by molar-refractivity contribution is 9.10. The summed E-state index contributed by atoms with van der Waals surface area (Å²) in [4.78, 5) is 2.53. The quantitative estimate of drug-likeness (QED) is 0.820. The molecule has 2 aliphatic rings. The van der Waals surface area contributed by atoms with Crippen molar-refractivity contribution in [1.82, 2.24) is 10.2 Å². The van der Waals surface area contributed by atoms with Crippen LogP contribution in [0.3, 0.4) is 0 Å². The first-order valence-corrected chi connectivity index (χ1v) is 7.95. The van der Waals surface area contributed by atoms with Gasteiger partial charge in [0, 0.05) is 32.2 Å². The van der Waals surface area contributed by atoms with Crippen LogP contribution in [0.2, 0.25) is 0 Å². The minimum Gasteiger partial charge on any atom is -0.314 e. The highest BCUT2D eigenvalue weighted by atomic mass is 79.9. The van der Waals surface area contributed by atoms with E-state index in [2.05, 4.69) is 32.2 Å². The van der Waals surface area contributed by atoms with Gasteiger partial charge < -0.3 is 5.32 Å². The van der Waals surface area contributed by atoms with Crippen molar-refractivity contribution in [3.63, 3.8) is 0 Å². The lowest BCUT2D eigenvalue weighted by atomic mass is 9.76. The summed E-state index contributed by atoms with van der Waals surface area (Å²) < 4.78 is 14.5. The van der Waals surface area contributed by atoms with E-state index < -0.39 is 0 Å². The van der Waals surface area contributed by atoms with Crippen LogP contribution in [-0.2, 0) is 0 Å². The molecule has 1 aliphatic carbocycles. The summed E-state index contributed by atoms with van der Waals surface area (Å²) in [5.41, 5.74) is 1.13. The zero-order chi connectivity index (χ0) is 13.2. The Balaban J connectivity index is 0.00000110. The molecule has 1 saturated heterocycles. The summed E-state index contributed by atoms with van der Waals surface area (Å²) >= 11 is 3.45. The van der Waals surface area contributed by atoms with E-state index in [-0.39, 0.29) is 30.6 Å². The van der Waals surface area contributed by atoms with Crippen molar-refractivity contribution in [3.05, 3.63) is 34.1 Å². The van der Waals surface area contributed by atoms with E-state index in [4.69, 9.17) is 0 Å².